The zero-order valence-electron chi connectivity index (χ0n) is 4.05. The molecule has 0 saturated carbocycles. The van der Waals surface area contributed by atoms with E-state index in [-0.39, 0.29) is 5.37 Å². The number of nitrogens with zero attached hydrogens (tertiary/aromatic N) is 1. The zero-order chi connectivity index (χ0) is 4.99. The molecule has 0 bridgehead atoms. The highest BCUT2D eigenvalue weighted by atomic mass is 32.1. The van der Waals surface area contributed by atoms with Gasteiger partial charge in [-0.25, -0.2) is 0 Å². The van der Waals surface area contributed by atoms with E-state index in [1.807, 2.05) is 13.8 Å². The van der Waals surface area contributed by atoms with Crippen LogP contribution in [0, 0.1) is 0 Å². The van der Waals surface area contributed by atoms with Gasteiger partial charge in [0.1, 0.15) is 0 Å². The Morgan fingerprint density at radius 2 is 2.33 bits per heavy atom. The molecule has 0 saturated heterocycles. The van der Waals surface area contributed by atoms with Gasteiger partial charge in [0.2, 0.25) is 0 Å². The van der Waals surface area contributed by atoms with Gasteiger partial charge < -0.3 is 0 Å². The molecule has 0 radical (unpaired) electrons. The van der Waals surface area contributed by atoms with Gasteiger partial charge in [-0.3, -0.25) is 4.99 Å². The Bertz CT molecular complexity index is 49.5. The summed E-state index contributed by atoms with van der Waals surface area (Å²) in [5.74, 6) is 0. The normalized spacial score (nSPS) is 15.8. The van der Waals surface area contributed by atoms with Crippen molar-refractivity contribution < 1.29 is 0 Å². The van der Waals surface area contributed by atoms with Crippen molar-refractivity contribution in [1.82, 2.24) is 0 Å². The number of hydrogen-bond acceptors (Lipinski definition) is 2. The fourth-order valence-corrected chi connectivity index (χ4v) is 0.349. The quantitative estimate of drug-likeness (QED) is 0.380. The highest BCUT2D eigenvalue weighted by molar-refractivity contribution is 7.80. The third kappa shape index (κ3) is 4.02. The van der Waals surface area contributed by atoms with Gasteiger partial charge in [-0.05, 0) is 20.1 Å². The van der Waals surface area contributed by atoms with Crippen molar-refractivity contribution in [2.24, 2.45) is 4.99 Å². The summed E-state index contributed by atoms with van der Waals surface area (Å²) in [4.78, 5) is 3.86. The van der Waals surface area contributed by atoms with E-state index in [4.69, 9.17) is 0 Å². The van der Waals surface area contributed by atoms with Crippen LogP contribution in [0.5, 0.6) is 0 Å². The summed E-state index contributed by atoms with van der Waals surface area (Å²) in [6, 6.07) is 0. The van der Waals surface area contributed by atoms with Crippen LogP contribution >= 0.6 is 12.6 Å². The lowest BCUT2D eigenvalue weighted by atomic mass is 10.7. The number of hydrogen-bond donors (Lipinski definition) is 1. The lowest BCUT2D eigenvalue weighted by Gasteiger charge is -1.87. The van der Waals surface area contributed by atoms with Crippen molar-refractivity contribution in [1.29, 1.82) is 0 Å². The molecule has 0 heterocycles. The van der Waals surface area contributed by atoms with E-state index in [0.29, 0.717) is 0 Å². The summed E-state index contributed by atoms with van der Waals surface area (Å²) in [6.07, 6.45) is 1.75. The minimum Gasteiger partial charge on any atom is -0.284 e. The summed E-state index contributed by atoms with van der Waals surface area (Å²) >= 11 is 3.98. The SMILES string of the molecule is C/C=N\C(C)S. The van der Waals surface area contributed by atoms with Crippen molar-refractivity contribution >= 4 is 18.8 Å². The van der Waals surface area contributed by atoms with Gasteiger partial charge in [-0.2, -0.15) is 12.6 Å². The minimum absolute atomic E-state index is 0.162. The van der Waals surface area contributed by atoms with Crippen LogP contribution in [0.3, 0.4) is 0 Å². The van der Waals surface area contributed by atoms with E-state index in [1.54, 1.807) is 6.21 Å². The van der Waals surface area contributed by atoms with E-state index in [0.717, 1.165) is 0 Å². The molecule has 36 valence electrons. The lowest BCUT2D eigenvalue weighted by Crippen LogP contribution is -1.80. The molecule has 0 N–H and O–H groups in total. The van der Waals surface area contributed by atoms with Crippen LogP contribution in [0.4, 0.5) is 0 Å². The number of thiol groups is 1. The minimum atomic E-state index is 0.162. The first-order valence-electron chi connectivity index (χ1n) is 1.93. The van der Waals surface area contributed by atoms with Crippen molar-refractivity contribution in [2.75, 3.05) is 0 Å². The molecule has 0 fully saturated rings. The van der Waals surface area contributed by atoms with Gasteiger partial charge in [0.15, 0.2) is 0 Å². The largest absolute Gasteiger partial charge is 0.284 e. The zero-order valence-corrected chi connectivity index (χ0v) is 4.94. The molecule has 0 aromatic rings. The van der Waals surface area contributed by atoms with Crippen LogP contribution in [0.25, 0.3) is 0 Å². The van der Waals surface area contributed by atoms with E-state index < -0.39 is 0 Å². The second-order valence-corrected chi connectivity index (χ2v) is 1.79. The van der Waals surface area contributed by atoms with Gasteiger partial charge in [0.05, 0.1) is 5.37 Å². The molecule has 0 aliphatic carbocycles. The molecule has 1 unspecified atom stereocenters. The maximum Gasteiger partial charge on any atom is 0.0890 e. The first kappa shape index (κ1) is 6.02. The van der Waals surface area contributed by atoms with Crippen LogP contribution in [0.1, 0.15) is 13.8 Å². The van der Waals surface area contributed by atoms with Crippen molar-refractivity contribution in [3.05, 3.63) is 0 Å². The van der Waals surface area contributed by atoms with Crippen molar-refractivity contribution in [2.45, 2.75) is 19.2 Å². The molecule has 2 heteroatoms. The summed E-state index contributed by atoms with van der Waals surface area (Å²) in [5.41, 5.74) is 0. The summed E-state index contributed by atoms with van der Waals surface area (Å²) < 4.78 is 0. The number of aliphatic imine (C=N–C) groups is 1. The van der Waals surface area contributed by atoms with Gasteiger partial charge in [0, 0.05) is 0 Å². The topological polar surface area (TPSA) is 12.4 Å². The Morgan fingerprint density at radius 3 is 2.33 bits per heavy atom. The molecule has 0 spiro atoms. The Labute approximate surface area is 43.9 Å². The third-order valence-electron chi connectivity index (χ3n) is 0.365. The van der Waals surface area contributed by atoms with Gasteiger partial charge in [0.25, 0.3) is 0 Å². The van der Waals surface area contributed by atoms with Crippen molar-refractivity contribution in [3.8, 4) is 0 Å². The predicted octanol–water partition coefficient (Wildman–Crippen LogP) is 1.35. The predicted molar refractivity (Wildman–Crippen MR) is 32.6 cm³/mol. The van der Waals surface area contributed by atoms with E-state index >= 15 is 0 Å². The fraction of sp³-hybridized carbons (Fsp3) is 0.750. The first-order valence-corrected chi connectivity index (χ1v) is 2.45. The summed E-state index contributed by atoms with van der Waals surface area (Å²) in [6.45, 7) is 3.80. The molecular formula is C4H9NS. The molecule has 0 aromatic carbocycles. The molecule has 0 rings (SSSR count). The molecule has 6 heavy (non-hydrogen) atoms. The highest BCUT2D eigenvalue weighted by Crippen LogP contribution is 1.89. The van der Waals surface area contributed by atoms with E-state index in [2.05, 4.69) is 17.6 Å². The Kier molecular flexibility index (Phi) is 3.23. The summed E-state index contributed by atoms with van der Waals surface area (Å²) in [7, 11) is 0. The lowest BCUT2D eigenvalue weighted by molar-refractivity contribution is 1.06. The van der Waals surface area contributed by atoms with Crippen LogP contribution in [-0.2, 0) is 0 Å². The van der Waals surface area contributed by atoms with Crippen LogP contribution in [-0.4, -0.2) is 11.6 Å². The van der Waals surface area contributed by atoms with E-state index in [1.165, 1.54) is 0 Å². The van der Waals surface area contributed by atoms with Crippen LogP contribution in [0.2, 0.25) is 0 Å². The second-order valence-electron chi connectivity index (χ2n) is 1.04. The van der Waals surface area contributed by atoms with Gasteiger partial charge >= 0.3 is 0 Å². The Morgan fingerprint density at radius 1 is 1.83 bits per heavy atom. The molecular weight excluding hydrogens is 94.1 g/mol. The third-order valence-corrected chi connectivity index (χ3v) is 0.498. The summed E-state index contributed by atoms with van der Waals surface area (Å²) in [5, 5.41) is 0.162. The Hall–Kier alpha value is 0.0200. The standard InChI is InChI=1S/C4H9NS/c1-3-5-4(2)6/h3-4,6H,1-2H3/b5-3-. The number of rotatable bonds is 1. The highest BCUT2D eigenvalue weighted by Gasteiger charge is 1.77. The fourth-order valence-electron chi connectivity index (χ4n) is 0.216. The monoisotopic (exact) mass is 103 g/mol. The molecule has 0 amide bonds. The molecule has 1 nitrogen and oxygen atoms in total. The van der Waals surface area contributed by atoms with Gasteiger partial charge in [-0.1, -0.05) is 0 Å². The molecule has 0 aliphatic heterocycles. The van der Waals surface area contributed by atoms with Gasteiger partial charge in [-0.15, -0.1) is 0 Å². The van der Waals surface area contributed by atoms with Crippen LogP contribution in [0.15, 0.2) is 4.99 Å². The van der Waals surface area contributed by atoms with E-state index in [9.17, 15) is 0 Å². The molecule has 0 aromatic heterocycles. The van der Waals surface area contributed by atoms with Crippen LogP contribution < -0.4 is 0 Å². The smallest absolute Gasteiger partial charge is 0.0890 e. The molecule has 0 aliphatic rings. The molecule has 1 atom stereocenters. The first-order chi connectivity index (χ1) is 2.77. The van der Waals surface area contributed by atoms with Crippen molar-refractivity contribution in [3.63, 3.8) is 0 Å². The Balaban J connectivity index is 3.03. The second kappa shape index (κ2) is 3.22. The maximum atomic E-state index is 3.98. The average molecular weight is 103 g/mol. The average Bonchev–Trinajstić information content (AvgIpc) is 1.35. The maximum absolute atomic E-state index is 3.98.